The predicted molar refractivity (Wildman–Crippen MR) is 89.8 cm³/mol. The van der Waals surface area contributed by atoms with Crippen LogP contribution in [0.25, 0.3) is 0 Å². The summed E-state index contributed by atoms with van der Waals surface area (Å²) in [6.45, 7) is 1.83. The van der Waals surface area contributed by atoms with Gasteiger partial charge in [0.25, 0.3) is 5.91 Å². The average Bonchev–Trinajstić information content (AvgIpc) is 2.58. The Bertz CT molecular complexity index is 727. The van der Waals surface area contributed by atoms with Crippen LogP contribution in [0.2, 0.25) is 0 Å². The van der Waals surface area contributed by atoms with Crippen LogP contribution in [-0.4, -0.2) is 17.7 Å². The Kier molecular flexibility index (Phi) is 5.68. The fourth-order valence-corrected chi connectivity index (χ4v) is 2.18. The third-order valence-corrected chi connectivity index (χ3v) is 3.45. The normalized spacial score (nSPS) is 11.4. The highest BCUT2D eigenvalue weighted by atomic mass is 16.2. The molecule has 3 amide bonds. The van der Waals surface area contributed by atoms with Gasteiger partial charge < -0.3 is 16.4 Å². The highest BCUT2D eigenvalue weighted by Crippen LogP contribution is 2.13. The maximum atomic E-state index is 12.3. The van der Waals surface area contributed by atoms with E-state index in [1.54, 1.807) is 48.5 Å². The van der Waals surface area contributed by atoms with Gasteiger partial charge in [0.15, 0.2) is 0 Å². The van der Waals surface area contributed by atoms with Crippen LogP contribution in [-0.2, 0) is 16.1 Å². The van der Waals surface area contributed by atoms with E-state index in [2.05, 4.69) is 10.6 Å². The summed E-state index contributed by atoms with van der Waals surface area (Å²) in [6.07, 6.45) is 0. The zero-order valence-electron chi connectivity index (χ0n) is 13.3. The van der Waals surface area contributed by atoms with Crippen LogP contribution in [0.1, 0.15) is 34.5 Å². The Morgan fingerprint density at radius 3 is 2.17 bits per heavy atom. The minimum Gasteiger partial charge on any atom is -0.368 e. The molecule has 6 nitrogen and oxygen atoms in total. The Morgan fingerprint density at radius 2 is 1.62 bits per heavy atom. The molecule has 4 N–H and O–H groups in total. The maximum absolute atomic E-state index is 12.3. The second-order valence-electron chi connectivity index (χ2n) is 5.33. The van der Waals surface area contributed by atoms with Crippen LogP contribution >= 0.6 is 0 Å². The topological polar surface area (TPSA) is 101 Å². The van der Waals surface area contributed by atoms with Gasteiger partial charge in [0.05, 0.1) is 0 Å². The quantitative estimate of drug-likeness (QED) is 0.745. The maximum Gasteiger partial charge on any atom is 0.252 e. The van der Waals surface area contributed by atoms with Crippen molar-refractivity contribution in [2.45, 2.75) is 19.5 Å². The van der Waals surface area contributed by atoms with E-state index in [9.17, 15) is 14.4 Å². The van der Waals surface area contributed by atoms with E-state index in [4.69, 9.17) is 5.73 Å². The van der Waals surface area contributed by atoms with Gasteiger partial charge in [-0.25, -0.2) is 0 Å². The van der Waals surface area contributed by atoms with Crippen molar-refractivity contribution in [3.05, 3.63) is 71.3 Å². The molecule has 0 radical (unpaired) electrons. The summed E-state index contributed by atoms with van der Waals surface area (Å²) < 4.78 is 0. The second kappa shape index (κ2) is 7.92. The molecule has 0 saturated carbocycles. The van der Waals surface area contributed by atoms with Crippen LogP contribution in [0.3, 0.4) is 0 Å². The van der Waals surface area contributed by atoms with Gasteiger partial charge in [-0.1, -0.05) is 42.5 Å². The Morgan fingerprint density at radius 1 is 1.00 bits per heavy atom. The first-order valence-corrected chi connectivity index (χ1v) is 7.46. The zero-order chi connectivity index (χ0) is 17.5. The summed E-state index contributed by atoms with van der Waals surface area (Å²) in [7, 11) is 0. The van der Waals surface area contributed by atoms with Gasteiger partial charge >= 0.3 is 0 Å². The van der Waals surface area contributed by atoms with Gasteiger partial charge in [0.2, 0.25) is 11.8 Å². The molecule has 0 saturated heterocycles. The van der Waals surface area contributed by atoms with E-state index >= 15 is 0 Å². The van der Waals surface area contributed by atoms with Gasteiger partial charge in [0.1, 0.15) is 6.04 Å². The number of nitrogens with two attached hydrogens (primary N) is 1. The molecule has 2 aromatic rings. The van der Waals surface area contributed by atoms with Gasteiger partial charge in [-0.15, -0.1) is 0 Å². The molecular formula is C18H19N3O3. The molecule has 0 aromatic heterocycles. The van der Waals surface area contributed by atoms with Gasteiger partial charge in [-0.2, -0.15) is 0 Å². The van der Waals surface area contributed by atoms with Crippen LogP contribution < -0.4 is 16.4 Å². The Balaban J connectivity index is 2.07. The monoisotopic (exact) mass is 325 g/mol. The molecule has 0 bridgehead atoms. The molecule has 124 valence electrons. The molecule has 0 spiro atoms. The molecule has 1 unspecified atom stereocenters. The van der Waals surface area contributed by atoms with Crippen molar-refractivity contribution >= 4 is 17.7 Å². The highest BCUT2D eigenvalue weighted by Gasteiger charge is 2.20. The molecule has 2 aromatic carbocycles. The van der Waals surface area contributed by atoms with Crippen LogP contribution in [0.5, 0.6) is 0 Å². The number of hydrogen-bond acceptors (Lipinski definition) is 3. The first-order valence-electron chi connectivity index (χ1n) is 7.46. The highest BCUT2D eigenvalue weighted by molar-refractivity contribution is 5.97. The van der Waals surface area contributed by atoms with Crippen molar-refractivity contribution in [1.29, 1.82) is 0 Å². The summed E-state index contributed by atoms with van der Waals surface area (Å²) in [5, 5.41) is 5.31. The molecule has 0 heterocycles. The van der Waals surface area contributed by atoms with E-state index in [1.165, 1.54) is 6.92 Å². The number of amides is 3. The van der Waals surface area contributed by atoms with Gasteiger partial charge in [-0.3, -0.25) is 14.4 Å². The Hall–Kier alpha value is -3.15. The fourth-order valence-electron chi connectivity index (χ4n) is 2.18. The van der Waals surface area contributed by atoms with E-state index < -0.39 is 17.9 Å². The minimum atomic E-state index is -0.891. The molecule has 0 aliphatic rings. The minimum absolute atomic E-state index is 0.121. The van der Waals surface area contributed by atoms with Crippen LogP contribution in [0, 0.1) is 0 Å². The number of benzene rings is 2. The smallest absolute Gasteiger partial charge is 0.252 e. The molecule has 0 aliphatic carbocycles. The zero-order valence-corrected chi connectivity index (χ0v) is 13.3. The lowest BCUT2D eigenvalue weighted by atomic mass is 10.1. The van der Waals surface area contributed by atoms with Crippen molar-refractivity contribution in [3.8, 4) is 0 Å². The SMILES string of the molecule is CC(=O)NCc1ccc(C(=O)NC(C(N)=O)c2ccccc2)cc1. The summed E-state index contributed by atoms with van der Waals surface area (Å²) >= 11 is 0. The standard InChI is InChI=1S/C18H19N3O3/c1-12(22)20-11-13-7-9-15(10-8-13)18(24)21-16(17(19)23)14-5-3-2-4-6-14/h2-10,16H,11H2,1H3,(H2,19,23)(H,20,22)(H,21,24). The second-order valence-corrected chi connectivity index (χ2v) is 5.33. The summed E-state index contributed by atoms with van der Waals surface area (Å²) in [5.41, 5.74) is 7.30. The van der Waals surface area contributed by atoms with E-state index in [0.29, 0.717) is 17.7 Å². The number of carbonyl (C=O) groups excluding carboxylic acids is 3. The average molecular weight is 325 g/mol. The molecule has 6 heteroatoms. The first-order chi connectivity index (χ1) is 11.5. The summed E-state index contributed by atoms with van der Waals surface area (Å²) in [4.78, 5) is 34.9. The third-order valence-electron chi connectivity index (χ3n) is 3.45. The number of primary amides is 1. The van der Waals surface area contributed by atoms with Crippen molar-refractivity contribution in [3.63, 3.8) is 0 Å². The molecule has 0 aliphatic heterocycles. The van der Waals surface area contributed by atoms with Crippen molar-refractivity contribution in [2.24, 2.45) is 5.73 Å². The fraction of sp³-hybridized carbons (Fsp3) is 0.167. The lowest BCUT2D eigenvalue weighted by molar-refractivity contribution is -0.120. The van der Waals surface area contributed by atoms with Crippen molar-refractivity contribution in [1.82, 2.24) is 10.6 Å². The van der Waals surface area contributed by atoms with Crippen molar-refractivity contribution < 1.29 is 14.4 Å². The first kappa shape index (κ1) is 17.2. The molecule has 1 atom stereocenters. The van der Waals surface area contributed by atoms with Crippen molar-refractivity contribution in [2.75, 3.05) is 0 Å². The molecule has 24 heavy (non-hydrogen) atoms. The van der Waals surface area contributed by atoms with E-state index in [-0.39, 0.29) is 5.91 Å². The number of rotatable bonds is 6. The van der Waals surface area contributed by atoms with Gasteiger partial charge in [-0.05, 0) is 23.3 Å². The van der Waals surface area contributed by atoms with Crippen LogP contribution in [0.4, 0.5) is 0 Å². The Labute approximate surface area is 140 Å². The molecule has 0 fully saturated rings. The number of nitrogens with one attached hydrogen (secondary N) is 2. The number of carbonyl (C=O) groups is 3. The largest absolute Gasteiger partial charge is 0.368 e. The lowest BCUT2D eigenvalue weighted by Crippen LogP contribution is -2.37. The predicted octanol–water partition coefficient (Wildman–Crippen LogP) is 1.28. The van der Waals surface area contributed by atoms with E-state index in [0.717, 1.165) is 5.56 Å². The molecular weight excluding hydrogens is 306 g/mol. The summed E-state index contributed by atoms with van der Waals surface area (Å²) in [5.74, 6) is -1.14. The van der Waals surface area contributed by atoms with Gasteiger partial charge in [0, 0.05) is 19.0 Å². The van der Waals surface area contributed by atoms with Crippen LogP contribution in [0.15, 0.2) is 54.6 Å². The number of hydrogen-bond donors (Lipinski definition) is 3. The van der Waals surface area contributed by atoms with E-state index in [1.807, 2.05) is 6.07 Å². The summed E-state index contributed by atoms with van der Waals surface area (Å²) in [6, 6.07) is 14.7. The molecule has 2 rings (SSSR count). The lowest BCUT2D eigenvalue weighted by Gasteiger charge is -2.16. The third kappa shape index (κ3) is 4.67.